The highest BCUT2D eigenvalue weighted by molar-refractivity contribution is 6.29. The molecule has 2 aromatic heterocycles. The third kappa shape index (κ3) is 4.61. The molecule has 1 atom stereocenters. The van der Waals surface area contributed by atoms with Crippen LogP contribution in [-0.2, 0) is 11.2 Å². The Kier molecular flexibility index (Phi) is 5.84. The Bertz CT molecular complexity index is 1350. The summed E-state index contributed by atoms with van der Waals surface area (Å²) in [6, 6.07) is 21.5. The van der Waals surface area contributed by atoms with Crippen LogP contribution in [0.2, 0.25) is 5.15 Å². The normalized spacial score (nSPS) is 16.5. The number of para-hydroxylation sites is 1. The molecule has 2 aromatic carbocycles. The van der Waals surface area contributed by atoms with E-state index in [9.17, 15) is 9.18 Å². The minimum Gasteiger partial charge on any atom is -0.273 e. The van der Waals surface area contributed by atoms with Gasteiger partial charge < -0.3 is 0 Å². The number of hydrazone groups is 1. The minimum absolute atomic E-state index is 0.0443. The Hall–Kier alpha value is -3.64. The number of nitrogens with zero attached hydrogens (tertiary/aromatic N) is 4. The van der Waals surface area contributed by atoms with Gasteiger partial charge in [0.1, 0.15) is 11.0 Å². The van der Waals surface area contributed by atoms with Crippen LogP contribution in [0.25, 0.3) is 10.9 Å². The van der Waals surface area contributed by atoms with Crippen LogP contribution < -0.4 is 0 Å². The van der Waals surface area contributed by atoms with Crippen molar-refractivity contribution in [3.63, 3.8) is 0 Å². The van der Waals surface area contributed by atoms with E-state index in [4.69, 9.17) is 16.7 Å². The fourth-order valence-corrected chi connectivity index (χ4v) is 4.29. The van der Waals surface area contributed by atoms with Gasteiger partial charge in [0.25, 0.3) is 0 Å². The van der Waals surface area contributed by atoms with Gasteiger partial charge in [0.2, 0.25) is 5.91 Å². The highest BCUT2D eigenvalue weighted by Gasteiger charge is 2.31. The van der Waals surface area contributed by atoms with Crippen molar-refractivity contribution in [2.24, 2.45) is 5.10 Å². The predicted molar refractivity (Wildman–Crippen MR) is 127 cm³/mol. The number of carbonyl (C=O) groups excluding carboxylic acids is 1. The number of carbonyl (C=O) groups is 1. The third-order valence-corrected chi connectivity index (χ3v) is 6.00. The Morgan fingerprint density at radius 2 is 1.88 bits per heavy atom. The maximum Gasteiger partial charge on any atom is 0.243 e. The lowest BCUT2D eigenvalue weighted by Gasteiger charge is -2.15. The zero-order valence-corrected chi connectivity index (χ0v) is 18.4. The molecule has 5 nitrogen and oxygen atoms in total. The number of amides is 1. The molecule has 1 aliphatic rings. The lowest BCUT2D eigenvalue weighted by Crippen LogP contribution is -2.23. The summed E-state index contributed by atoms with van der Waals surface area (Å²) in [6.45, 7) is 0.422. The van der Waals surface area contributed by atoms with Crippen molar-refractivity contribution in [2.45, 2.75) is 18.8 Å². The maximum atomic E-state index is 13.3. The Balaban J connectivity index is 1.50. The van der Waals surface area contributed by atoms with Gasteiger partial charge in [-0.05, 0) is 47.5 Å². The van der Waals surface area contributed by atoms with E-state index in [0.29, 0.717) is 35.9 Å². The van der Waals surface area contributed by atoms with Crippen molar-refractivity contribution in [3.8, 4) is 0 Å². The number of pyridine rings is 2. The topological polar surface area (TPSA) is 58.5 Å². The molecule has 1 amide bonds. The number of hydrogen-bond acceptors (Lipinski definition) is 4. The second-order valence-electron chi connectivity index (χ2n) is 7.98. The first-order chi connectivity index (χ1) is 16.1. The second-order valence-corrected chi connectivity index (χ2v) is 8.37. The highest BCUT2D eigenvalue weighted by atomic mass is 35.5. The molecule has 3 heterocycles. The molecule has 0 spiro atoms. The number of benzene rings is 2. The summed E-state index contributed by atoms with van der Waals surface area (Å²) in [6.07, 6.45) is 2.55. The van der Waals surface area contributed by atoms with Gasteiger partial charge in [-0.2, -0.15) is 5.10 Å². The first kappa shape index (κ1) is 21.2. The highest BCUT2D eigenvalue weighted by Crippen LogP contribution is 2.29. The molecule has 1 unspecified atom stereocenters. The summed E-state index contributed by atoms with van der Waals surface area (Å²) in [5.41, 5.74) is 4.10. The van der Waals surface area contributed by atoms with E-state index < -0.39 is 0 Å². The summed E-state index contributed by atoms with van der Waals surface area (Å²) in [5.74, 6) is -0.419. The van der Waals surface area contributed by atoms with E-state index in [0.717, 1.165) is 22.0 Å². The molecule has 5 rings (SSSR count). The summed E-state index contributed by atoms with van der Waals surface area (Å²) in [4.78, 5) is 21.7. The molecule has 7 heteroatoms. The summed E-state index contributed by atoms with van der Waals surface area (Å²) < 4.78 is 13.3. The molecular formula is C26H20ClFN4O. The first-order valence-electron chi connectivity index (χ1n) is 10.7. The van der Waals surface area contributed by atoms with Gasteiger partial charge in [0.15, 0.2) is 0 Å². The molecule has 0 saturated carbocycles. The molecule has 1 aliphatic heterocycles. The molecule has 164 valence electrons. The molecule has 0 bridgehead atoms. The van der Waals surface area contributed by atoms with E-state index in [1.807, 2.05) is 42.5 Å². The third-order valence-electron chi connectivity index (χ3n) is 5.79. The van der Waals surface area contributed by atoms with Gasteiger partial charge in [0, 0.05) is 30.3 Å². The van der Waals surface area contributed by atoms with Crippen molar-refractivity contribution in [2.75, 3.05) is 6.54 Å². The monoisotopic (exact) mass is 458 g/mol. The molecule has 33 heavy (non-hydrogen) atoms. The zero-order valence-electron chi connectivity index (χ0n) is 17.7. The zero-order chi connectivity index (χ0) is 22.8. The van der Waals surface area contributed by atoms with Gasteiger partial charge in [-0.3, -0.25) is 9.78 Å². The van der Waals surface area contributed by atoms with E-state index in [1.54, 1.807) is 24.4 Å². The van der Waals surface area contributed by atoms with Crippen LogP contribution in [0.4, 0.5) is 4.39 Å². The van der Waals surface area contributed by atoms with Crippen LogP contribution in [0.5, 0.6) is 0 Å². The van der Waals surface area contributed by atoms with E-state index in [-0.39, 0.29) is 17.6 Å². The van der Waals surface area contributed by atoms with Crippen LogP contribution in [0.15, 0.2) is 84.1 Å². The maximum absolute atomic E-state index is 13.3. The number of aromatic nitrogens is 2. The number of rotatable bonds is 5. The fourth-order valence-electron chi connectivity index (χ4n) is 4.13. The molecule has 0 radical (unpaired) electrons. The molecule has 0 aliphatic carbocycles. The van der Waals surface area contributed by atoms with Crippen LogP contribution in [0, 0.1) is 5.82 Å². The summed E-state index contributed by atoms with van der Waals surface area (Å²) >= 11 is 6.16. The van der Waals surface area contributed by atoms with Gasteiger partial charge in [0.05, 0.1) is 23.5 Å². The SMILES string of the molecule is O=C1CC(c2ccc(F)cc2)CN1N=C(Cc1ccnc2ccccc12)c1cccc(Cl)n1. The summed E-state index contributed by atoms with van der Waals surface area (Å²) in [7, 11) is 0. The van der Waals surface area contributed by atoms with Crippen molar-refractivity contribution >= 4 is 34.1 Å². The van der Waals surface area contributed by atoms with Gasteiger partial charge in [-0.25, -0.2) is 14.4 Å². The smallest absolute Gasteiger partial charge is 0.243 e. The molecule has 1 fully saturated rings. The van der Waals surface area contributed by atoms with Crippen LogP contribution >= 0.6 is 11.6 Å². The lowest BCUT2D eigenvalue weighted by atomic mass is 9.98. The van der Waals surface area contributed by atoms with Gasteiger partial charge in [-0.15, -0.1) is 0 Å². The van der Waals surface area contributed by atoms with E-state index in [2.05, 4.69) is 9.97 Å². The van der Waals surface area contributed by atoms with E-state index in [1.165, 1.54) is 17.1 Å². The lowest BCUT2D eigenvalue weighted by molar-refractivity contribution is -0.127. The minimum atomic E-state index is -0.295. The van der Waals surface area contributed by atoms with Crippen LogP contribution in [0.1, 0.15) is 29.2 Å². The fraction of sp³-hybridized carbons (Fsp3) is 0.154. The molecule has 0 N–H and O–H groups in total. The number of halogens is 2. The average Bonchev–Trinajstić information content (AvgIpc) is 3.19. The van der Waals surface area contributed by atoms with Crippen molar-refractivity contribution in [1.29, 1.82) is 0 Å². The van der Waals surface area contributed by atoms with Crippen molar-refractivity contribution in [1.82, 2.24) is 15.0 Å². The molecular weight excluding hydrogens is 439 g/mol. The van der Waals surface area contributed by atoms with Gasteiger partial charge in [-0.1, -0.05) is 48.0 Å². The Morgan fingerprint density at radius 1 is 1.06 bits per heavy atom. The first-order valence-corrected chi connectivity index (χ1v) is 11.0. The summed E-state index contributed by atoms with van der Waals surface area (Å²) in [5, 5.41) is 7.62. The number of fused-ring (bicyclic) bond motifs is 1. The van der Waals surface area contributed by atoms with Crippen LogP contribution in [-0.4, -0.2) is 33.1 Å². The molecule has 4 aromatic rings. The standard InChI is InChI=1S/C26H20ClFN4O/c27-25-7-3-6-23(30-25)24(14-18-12-13-29-22-5-2-1-4-21(18)22)31-32-16-19(15-26(32)33)17-8-10-20(28)11-9-17/h1-13,19H,14-16H2. The quantitative estimate of drug-likeness (QED) is 0.298. The van der Waals surface area contributed by atoms with Crippen molar-refractivity contribution < 1.29 is 9.18 Å². The van der Waals surface area contributed by atoms with Crippen molar-refractivity contribution in [3.05, 3.63) is 107 Å². The van der Waals surface area contributed by atoms with Crippen LogP contribution in [0.3, 0.4) is 0 Å². The Morgan fingerprint density at radius 3 is 2.70 bits per heavy atom. The van der Waals surface area contributed by atoms with Gasteiger partial charge >= 0.3 is 0 Å². The second kappa shape index (κ2) is 9.08. The predicted octanol–water partition coefficient (Wildman–Crippen LogP) is 5.39. The largest absolute Gasteiger partial charge is 0.273 e. The number of hydrogen-bond donors (Lipinski definition) is 0. The Labute approximate surface area is 195 Å². The average molecular weight is 459 g/mol. The van der Waals surface area contributed by atoms with E-state index >= 15 is 0 Å². The molecule has 1 saturated heterocycles.